The lowest BCUT2D eigenvalue weighted by atomic mass is 9.86. The summed E-state index contributed by atoms with van der Waals surface area (Å²) in [5.74, 6) is 0.337. The Morgan fingerprint density at radius 3 is 2.46 bits per heavy atom. The van der Waals surface area contributed by atoms with Crippen molar-refractivity contribution in [2.45, 2.75) is 96.0 Å². The molecule has 2 fully saturated rings. The van der Waals surface area contributed by atoms with Gasteiger partial charge in [0.1, 0.15) is 0 Å². The minimum atomic E-state index is -1.75. The van der Waals surface area contributed by atoms with Gasteiger partial charge in [-0.05, 0) is 86.3 Å². The summed E-state index contributed by atoms with van der Waals surface area (Å²) in [6.45, 7) is 12.5. The maximum atomic E-state index is 13.5. The Labute approximate surface area is 217 Å². The third-order valence-corrected chi connectivity index (χ3v) is 13.3. The van der Waals surface area contributed by atoms with Crippen molar-refractivity contribution in [1.29, 1.82) is 0 Å². The van der Waals surface area contributed by atoms with Gasteiger partial charge in [-0.25, -0.2) is 0 Å². The second-order valence-electron chi connectivity index (χ2n) is 11.9. The summed E-state index contributed by atoms with van der Waals surface area (Å²) < 4.78 is 6.68. The molecule has 0 radical (unpaired) electrons. The van der Waals surface area contributed by atoms with Gasteiger partial charge in [-0.1, -0.05) is 50.6 Å². The van der Waals surface area contributed by atoms with Gasteiger partial charge in [-0.15, -0.1) is 0 Å². The molecule has 2 aliphatic rings. The van der Waals surface area contributed by atoms with Crippen molar-refractivity contribution < 1.29 is 9.22 Å². The molecule has 1 aliphatic carbocycles. The number of pyridine rings is 1. The number of likely N-dealkylation sites (tertiary alicyclic amines) is 1. The van der Waals surface area contributed by atoms with Crippen LogP contribution in [0.2, 0.25) is 23.2 Å². The number of aromatic nitrogens is 1. The van der Waals surface area contributed by atoms with Crippen LogP contribution in [0.4, 0.5) is 0 Å². The molecule has 1 aromatic carbocycles. The summed E-state index contributed by atoms with van der Waals surface area (Å²) in [7, 11) is -1.75. The molecule has 0 N–H and O–H groups in total. The third kappa shape index (κ3) is 6.18. The normalized spacial score (nSPS) is 24.0. The summed E-state index contributed by atoms with van der Waals surface area (Å²) in [5, 5.41) is 0.969. The average Bonchev–Trinajstić information content (AvgIpc) is 2.82. The number of halogens is 1. The van der Waals surface area contributed by atoms with Gasteiger partial charge in [0, 0.05) is 47.6 Å². The fourth-order valence-corrected chi connectivity index (χ4v) is 6.97. The zero-order valence-corrected chi connectivity index (χ0v) is 23.8. The molecule has 1 saturated carbocycles. The Morgan fingerprint density at radius 2 is 1.83 bits per heavy atom. The topological polar surface area (TPSA) is 42.4 Å². The number of piperidine rings is 1. The van der Waals surface area contributed by atoms with Gasteiger partial charge in [0.05, 0.1) is 0 Å². The number of hydrogen-bond acceptors (Lipinski definition) is 3. The van der Waals surface area contributed by atoms with Crippen molar-refractivity contribution in [3.05, 3.63) is 53.3 Å². The Hall–Kier alpha value is -1.69. The van der Waals surface area contributed by atoms with Crippen LogP contribution in [0.3, 0.4) is 0 Å². The third-order valence-electron chi connectivity index (χ3n) is 8.45. The van der Waals surface area contributed by atoms with Gasteiger partial charge < -0.3 is 9.33 Å². The van der Waals surface area contributed by atoms with E-state index in [0.29, 0.717) is 24.5 Å². The fraction of sp³-hybridized carbons (Fsp3) is 0.586. The number of carbonyl (C=O) groups excluding carboxylic acids is 1. The molecule has 1 amide bonds. The average molecular weight is 513 g/mol. The summed E-state index contributed by atoms with van der Waals surface area (Å²) in [5.41, 5.74) is 3.17. The zero-order valence-electron chi connectivity index (χ0n) is 22.0. The van der Waals surface area contributed by atoms with Gasteiger partial charge in [-0.2, -0.15) is 0 Å². The second-order valence-corrected chi connectivity index (χ2v) is 17.1. The van der Waals surface area contributed by atoms with Crippen LogP contribution < -0.4 is 0 Å². The summed E-state index contributed by atoms with van der Waals surface area (Å²) in [6.07, 6.45) is 10.9. The molecule has 1 atom stereocenters. The molecule has 4 nitrogen and oxygen atoms in total. The van der Waals surface area contributed by atoms with E-state index >= 15 is 0 Å². The lowest BCUT2D eigenvalue weighted by Crippen LogP contribution is -2.50. The van der Waals surface area contributed by atoms with E-state index in [9.17, 15) is 4.79 Å². The molecule has 0 spiro atoms. The Morgan fingerprint density at radius 1 is 1.09 bits per heavy atom. The molecule has 1 saturated heterocycles. The maximum absolute atomic E-state index is 13.5. The largest absolute Gasteiger partial charge is 0.414 e. The van der Waals surface area contributed by atoms with Crippen molar-refractivity contribution in [3.8, 4) is 11.1 Å². The molecule has 35 heavy (non-hydrogen) atoms. The maximum Gasteiger partial charge on any atom is 0.226 e. The van der Waals surface area contributed by atoms with E-state index in [1.54, 1.807) is 6.20 Å². The molecule has 4 rings (SSSR count). The number of nitrogens with zero attached hydrogens (tertiary/aromatic N) is 2. The van der Waals surface area contributed by atoms with E-state index in [2.05, 4.69) is 55.9 Å². The van der Waals surface area contributed by atoms with Crippen LogP contribution in [0.15, 0.2) is 42.7 Å². The van der Waals surface area contributed by atoms with E-state index in [4.69, 9.17) is 16.0 Å². The number of amides is 1. The highest BCUT2D eigenvalue weighted by Gasteiger charge is 2.41. The van der Waals surface area contributed by atoms with E-state index in [-0.39, 0.29) is 11.0 Å². The molecule has 2 heterocycles. The molecule has 0 bridgehead atoms. The zero-order chi connectivity index (χ0) is 25.2. The predicted octanol–water partition coefficient (Wildman–Crippen LogP) is 7.52. The minimum absolute atomic E-state index is 0.0201. The fourth-order valence-electron chi connectivity index (χ4n) is 5.29. The SMILES string of the molecule is CC(C)(C)[Si](C)(C)O[C@H]1CC[C@H](N2CCCC(Cc3ccc(-c4cccnc4)cc3Cl)C2=O)CC1. The monoisotopic (exact) mass is 512 g/mol. The number of carbonyl (C=O) groups is 1. The Balaban J connectivity index is 1.35. The first-order valence-corrected chi connectivity index (χ1v) is 16.5. The Bertz CT molecular complexity index is 1010. The molecule has 190 valence electrons. The first-order valence-electron chi connectivity index (χ1n) is 13.2. The van der Waals surface area contributed by atoms with Gasteiger partial charge >= 0.3 is 0 Å². The number of hydrogen-bond donors (Lipinski definition) is 0. The van der Waals surface area contributed by atoms with E-state index < -0.39 is 8.32 Å². The van der Waals surface area contributed by atoms with E-state index in [1.165, 1.54) is 0 Å². The van der Waals surface area contributed by atoms with Crippen LogP contribution in [0.25, 0.3) is 11.1 Å². The highest BCUT2D eigenvalue weighted by Crippen LogP contribution is 2.40. The number of benzene rings is 1. The van der Waals surface area contributed by atoms with Crippen molar-refractivity contribution in [2.24, 2.45) is 5.92 Å². The molecular formula is C29H41ClN2O2Si. The highest BCUT2D eigenvalue weighted by molar-refractivity contribution is 6.74. The second kappa shape index (κ2) is 10.7. The summed E-state index contributed by atoms with van der Waals surface area (Å²) >= 11 is 6.68. The number of rotatable bonds is 6. The molecule has 1 aliphatic heterocycles. The lowest BCUT2D eigenvalue weighted by molar-refractivity contribution is -0.142. The van der Waals surface area contributed by atoms with Crippen LogP contribution in [0, 0.1) is 5.92 Å². The Kier molecular flexibility index (Phi) is 8.09. The molecular weight excluding hydrogens is 472 g/mol. The standard InChI is InChI=1S/C29H41ClN2O2Si/c1-29(2,3)35(4,5)34-26-14-12-25(13-15-26)32-17-7-9-23(28(32)33)18-22-11-10-21(19-27(22)30)24-8-6-16-31-20-24/h6,8,10-11,16,19-20,23,25-26H,7,9,12-15,17-18H2,1-5H3/t23?,25-,26-. The lowest BCUT2D eigenvalue weighted by Gasteiger charge is -2.44. The molecule has 1 aromatic heterocycles. The van der Waals surface area contributed by atoms with Crippen LogP contribution in [-0.4, -0.2) is 42.8 Å². The van der Waals surface area contributed by atoms with E-state index in [0.717, 1.165) is 66.8 Å². The molecule has 1 unspecified atom stereocenters. The van der Waals surface area contributed by atoms with Gasteiger partial charge in [0.2, 0.25) is 5.91 Å². The smallest absolute Gasteiger partial charge is 0.226 e. The van der Waals surface area contributed by atoms with Crippen LogP contribution in [0.5, 0.6) is 0 Å². The van der Waals surface area contributed by atoms with Crippen molar-refractivity contribution in [3.63, 3.8) is 0 Å². The van der Waals surface area contributed by atoms with Crippen LogP contribution in [0.1, 0.15) is 64.9 Å². The first kappa shape index (κ1) is 26.4. The summed E-state index contributed by atoms with van der Waals surface area (Å²) in [4.78, 5) is 19.9. The first-order chi connectivity index (χ1) is 16.5. The van der Waals surface area contributed by atoms with Crippen LogP contribution >= 0.6 is 11.6 Å². The van der Waals surface area contributed by atoms with Gasteiger partial charge in [-0.3, -0.25) is 9.78 Å². The van der Waals surface area contributed by atoms with Crippen molar-refractivity contribution >= 4 is 25.8 Å². The minimum Gasteiger partial charge on any atom is -0.414 e. The molecule has 6 heteroatoms. The van der Waals surface area contributed by atoms with Gasteiger partial charge in [0.25, 0.3) is 0 Å². The van der Waals surface area contributed by atoms with E-state index in [1.807, 2.05) is 24.4 Å². The van der Waals surface area contributed by atoms with Crippen LogP contribution in [-0.2, 0) is 15.6 Å². The quantitative estimate of drug-likeness (QED) is 0.376. The van der Waals surface area contributed by atoms with Crippen molar-refractivity contribution in [2.75, 3.05) is 6.54 Å². The van der Waals surface area contributed by atoms with Gasteiger partial charge in [0.15, 0.2) is 8.32 Å². The highest BCUT2D eigenvalue weighted by atomic mass is 35.5. The predicted molar refractivity (Wildman–Crippen MR) is 147 cm³/mol. The molecule has 2 aromatic rings. The summed E-state index contributed by atoms with van der Waals surface area (Å²) in [6, 6.07) is 10.5. The van der Waals surface area contributed by atoms with Crippen molar-refractivity contribution in [1.82, 2.24) is 9.88 Å².